The SMILES string of the molecule is C=C(C)CN1CC(C)SC1=Nc1ccc([N+](=O)[O-])cc1C. The Hall–Kier alpha value is -1.82. The predicted octanol–water partition coefficient (Wildman–Crippen LogP) is 3.90. The summed E-state index contributed by atoms with van der Waals surface area (Å²) in [5.41, 5.74) is 2.79. The van der Waals surface area contributed by atoms with Crippen LogP contribution in [-0.4, -0.2) is 33.3 Å². The summed E-state index contributed by atoms with van der Waals surface area (Å²) >= 11 is 1.73. The number of aryl methyl sites for hydroxylation is 1. The molecule has 1 atom stereocenters. The van der Waals surface area contributed by atoms with Gasteiger partial charge in [-0.05, 0) is 25.5 Å². The highest BCUT2D eigenvalue weighted by atomic mass is 32.2. The van der Waals surface area contributed by atoms with Crippen LogP contribution in [0.15, 0.2) is 35.3 Å². The van der Waals surface area contributed by atoms with E-state index in [0.29, 0.717) is 5.25 Å². The summed E-state index contributed by atoms with van der Waals surface area (Å²) in [6.45, 7) is 11.7. The minimum Gasteiger partial charge on any atom is -0.346 e. The molecule has 0 aliphatic carbocycles. The molecular formula is C15H19N3O2S. The van der Waals surface area contributed by atoms with Crippen LogP contribution in [0, 0.1) is 17.0 Å². The second-order valence-corrected chi connectivity index (χ2v) is 6.79. The van der Waals surface area contributed by atoms with Gasteiger partial charge in [-0.1, -0.05) is 30.8 Å². The molecule has 1 aliphatic rings. The molecule has 1 fully saturated rings. The molecule has 0 spiro atoms. The highest BCUT2D eigenvalue weighted by Gasteiger charge is 2.25. The van der Waals surface area contributed by atoms with E-state index in [2.05, 4.69) is 23.4 Å². The molecule has 0 N–H and O–H groups in total. The van der Waals surface area contributed by atoms with Crippen molar-refractivity contribution in [3.8, 4) is 0 Å². The molecule has 0 radical (unpaired) electrons. The van der Waals surface area contributed by atoms with E-state index in [1.165, 1.54) is 6.07 Å². The van der Waals surface area contributed by atoms with Gasteiger partial charge < -0.3 is 4.90 Å². The van der Waals surface area contributed by atoms with Gasteiger partial charge in [-0.3, -0.25) is 10.1 Å². The van der Waals surface area contributed by atoms with Gasteiger partial charge in [-0.2, -0.15) is 0 Å². The monoisotopic (exact) mass is 305 g/mol. The maximum absolute atomic E-state index is 10.8. The second kappa shape index (κ2) is 6.30. The summed E-state index contributed by atoms with van der Waals surface area (Å²) < 4.78 is 0. The van der Waals surface area contributed by atoms with Crippen LogP contribution in [0.25, 0.3) is 0 Å². The molecule has 1 unspecified atom stereocenters. The summed E-state index contributed by atoms with van der Waals surface area (Å²) in [6, 6.07) is 4.77. The number of nitro benzene ring substituents is 1. The van der Waals surface area contributed by atoms with Crippen LogP contribution >= 0.6 is 11.8 Å². The molecule has 0 saturated carbocycles. The minimum absolute atomic E-state index is 0.0997. The molecule has 2 rings (SSSR count). The van der Waals surface area contributed by atoms with E-state index >= 15 is 0 Å². The van der Waals surface area contributed by atoms with Crippen LogP contribution in [0.4, 0.5) is 11.4 Å². The molecule has 112 valence electrons. The zero-order valence-corrected chi connectivity index (χ0v) is 13.3. The van der Waals surface area contributed by atoms with Crippen molar-refractivity contribution in [3.63, 3.8) is 0 Å². The number of thioether (sulfide) groups is 1. The van der Waals surface area contributed by atoms with Crippen LogP contribution < -0.4 is 0 Å². The van der Waals surface area contributed by atoms with Crippen molar-refractivity contribution in [1.82, 2.24) is 4.90 Å². The van der Waals surface area contributed by atoms with Crippen molar-refractivity contribution in [2.45, 2.75) is 26.0 Å². The fourth-order valence-corrected chi connectivity index (χ4v) is 3.27. The number of amidine groups is 1. The number of benzene rings is 1. The normalized spacial score (nSPS) is 20.0. The summed E-state index contributed by atoms with van der Waals surface area (Å²) in [4.78, 5) is 17.3. The van der Waals surface area contributed by atoms with Gasteiger partial charge in [0.05, 0.1) is 10.6 Å². The molecule has 1 saturated heterocycles. The summed E-state index contributed by atoms with van der Waals surface area (Å²) in [5.74, 6) is 0. The number of aliphatic imine (C=N–C) groups is 1. The first-order chi connectivity index (χ1) is 9.86. The minimum atomic E-state index is -0.385. The lowest BCUT2D eigenvalue weighted by Gasteiger charge is -2.18. The number of non-ortho nitro benzene ring substituents is 1. The van der Waals surface area contributed by atoms with Crippen molar-refractivity contribution in [1.29, 1.82) is 0 Å². The fraction of sp³-hybridized carbons (Fsp3) is 0.400. The first-order valence-electron chi connectivity index (χ1n) is 6.76. The highest BCUT2D eigenvalue weighted by molar-refractivity contribution is 8.14. The second-order valence-electron chi connectivity index (χ2n) is 5.39. The lowest BCUT2D eigenvalue weighted by Crippen LogP contribution is -2.26. The molecule has 5 nitrogen and oxygen atoms in total. The Kier molecular flexibility index (Phi) is 4.67. The first kappa shape index (κ1) is 15.6. The zero-order valence-electron chi connectivity index (χ0n) is 12.5. The van der Waals surface area contributed by atoms with Crippen molar-refractivity contribution >= 4 is 28.3 Å². The van der Waals surface area contributed by atoms with Crippen LogP contribution in [0.1, 0.15) is 19.4 Å². The zero-order chi connectivity index (χ0) is 15.6. The van der Waals surface area contributed by atoms with Crippen LogP contribution in [-0.2, 0) is 0 Å². The topological polar surface area (TPSA) is 58.7 Å². The van der Waals surface area contributed by atoms with Gasteiger partial charge >= 0.3 is 0 Å². The molecule has 1 aliphatic heterocycles. The summed E-state index contributed by atoms with van der Waals surface area (Å²) in [6.07, 6.45) is 0. The third kappa shape index (κ3) is 3.85. The maximum Gasteiger partial charge on any atom is 0.269 e. The van der Waals surface area contributed by atoms with Gasteiger partial charge in [0.2, 0.25) is 0 Å². The van der Waals surface area contributed by atoms with E-state index < -0.39 is 0 Å². The number of hydrogen-bond donors (Lipinski definition) is 0. The fourth-order valence-electron chi connectivity index (χ4n) is 2.22. The van der Waals surface area contributed by atoms with Crippen LogP contribution in [0.3, 0.4) is 0 Å². The maximum atomic E-state index is 10.8. The molecular weight excluding hydrogens is 286 g/mol. The van der Waals surface area contributed by atoms with Crippen LogP contribution in [0.5, 0.6) is 0 Å². The third-order valence-electron chi connectivity index (χ3n) is 3.12. The number of nitro groups is 1. The highest BCUT2D eigenvalue weighted by Crippen LogP contribution is 2.31. The Balaban J connectivity index is 2.29. The molecule has 0 aromatic heterocycles. The lowest BCUT2D eigenvalue weighted by atomic mass is 10.2. The van der Waals surface area contributed by atoms with E-state index in [9.17, 15) is 10.1 Å². The molecule has 1 aromatic rings. The standard InChI is InChI=1S/C15H19N3O2S/c1-10(2)8-17-9-12(4)21-15(17)16-14-6-5-13(18(19)20)7-11(14)3/h5-7,12H,1,8-9H2,2-4H3. The van der Waals surface area contributed by atoms with E-state index in [4.69, 9.17) is 0 Å². The smallest absolute Gasteiger partial charge is 0.269 e. The Bertz CT molecular complexity index is 613. The molecule has 0 bridgehead atoms. The number of rotatable bonds is 4. The van der Waals surface area contributed by atoms with E-state index in [1.54, 1.807) is 23.9 Å². The lowest BCUT2D eigenvalue weighted by molar-refractivity contribution is -0.384. The average Bonchev–Trinajstić information content (AvgIpc) is 2.70. The third-order valence-corrected chi connectivity index (χ3v) is 4.23. The van der Waals surface area contributed by atoms with Crippen molar-refractivity contribution in [2.24, 2.45) is 4.99 Å². The largest absolute Gasteiger partial charge is 0.346 e. The first-order valence-corrected chi connectivity index (χ1v) is 7.64. The van der Waals surface area contributed by atoms with Gasteiger partial charge in [0.1, 0.15) is 0 Å². The van der Waals surface area contributed by atoms with E-state index in [-0.39, 0.29) is 10.6 Å². The number of nitrogens with zero attached hydrogens (tertiary/aromatic N) is 3. The predicted molar refractivity (Wildman–Crippen MR) is 88.4 cm³/mol. The van der Waals surface area contributed by atoms with Crippen molar-refractivity contribution in [3.05, 3.63) is 46.0 Å². The Morgan fingerprint density at radius 1 is 1.62 bits per heavy atom. The van der Waals surface area contributed by atoms with Gasteiger partial charge in [-0.25, -0.2) is 4.99 Å². The average molecular weight is 305 g/mol. The quantitative estimate of drug-likeness (QED) is 0.481. The van der Waals surface area contributed by atoms with Gasteiger partial charge in [-0.15, -0.1) is 0 Å². The number of hydrogen-bond acceptors (Lipinski definition) is 4. The van der Waals surface area contributed by atoms with E-state index in [1.807, 2.05) is 13.8 Å². The molecule has 0 amide bonds. The van der Waals surface area contributed by atoms with Gasteiger partial charge in [0, 0.05) is 30.5 Å². The van der Waals surface area contributed by atoms with Crippen molar-refractivity contribution < 1.29 is 4.92 Å². The molecule has 6 heteroatoms. The van der Waals surface area contributed by atoms with Gasteiger partial charge in [0.15, 0.2) is 5.17 Å². The van der Waals surface area contributed by atoms with E-state index in [0.717, 1.165) is 35.1 Å². The Labute approximate surface area is 128 Å². The Morgan fingerprint density at radius 3 is 2.90 bits per heavy atom. The summed E-state index contributed by atoms with van der Waals surface area (Å²) in [5, 5.41) is 12.2. The molecule has 21 heavy (non-hydrogen) atoms. The van der Waals surface area contributed by atoms with Crippen LogP contribution in [0.2, 0.25) is 0 Å². The van der Waals surface area contributed by atoms with Gasteiger partial charge in [0.25, 0.3) is 5.69 Å². The van der Waals surface area contributed by atoms with Crippen molar-refractivity contribution in [2.75, 3.05) is 13.1 Å². The Morgan fingerprint density at radius 2 is 2.33 bits per heavy atom. The molecule has 1 aromatic carbocycles. The molecule has 1 heterocycles. The summed E-state index contributed by atoms with van der Waals surface area (Å²) in [7, 11) is 0.